The van der Waals surface area contributed by atoms with Crippen LogP contribution in [0.3, 0.4) is 0 Å². The number of hydrogen-bond acceptors (Lipinski definition) is 8. The summed E-state index contributed by atoms with van der Waals surface area (Å²) in [5, 5.41) is 20.5. The fourth-order valence-electron chi connectivity index (χ4n) is 3.20. The third kappa shape index (κ3) is 4.34. The number of rotatable bonds is 5. The largest absolute Gasteiger partial charge is 0.482 e. The van der Waals surface area contributed by atoms with Crippen molar-refractivity contribution in [2.24, 2.45) is 10.1 Å². The summed E-state index contributed by atoms with van der Waals surface area (Å²) in [5.41, 5.74) is 2.50. The fraction of sp³-hybridized carbons (Fsp3) is 0.0455. The first kappa shape index (κ1) is 21.6. The van der Waals surface area contributed by atoms with E-state index in [1.165, 1.54) is 29.7 Å². The van der Waals surface area contributed by atoms with E-state index in [4.69, 9.17) is 20.8 Å². The summed E-state index contributed by atoms with van der Waals surface area (Å²) in [6.45, 7) is -0.0365. The molecule has 0 radical (unpaired) electrons. The normalized spacial score (nSPS) is 13.6. The Hall–Kier alpha value is -4.22. The van der Waals surface area contributed by atoms with E-state index in [0.717, 1.165) is 5.56 Å². The van der Waals surface area contributed by atoms with Crippen LogP contribution in [0.5, 0.6) is 5.75 Å². The fourth-order valence-corrected chi connectivity index (χ4v) is 4.23. The number of anilines is 1. The number of nitrogens with one attached hydrogen (secondary N) is 1. The Labute approximate surface area is 200 Å². The van der Waals surface area contributed by atoms with E-state index in [9.17, 15) is 14.9 Å². The van der Waals surface area contributed by atoms with Gasteiger partial charge in [-0.2, -0.15) is 5.10 Å². The number of aromatic nitrogens is 1. The number of amides is 1. The Bertz CT molecular complexity index is 1520. The molecule has 10 nitrogen and oxygen atoms in total. The minimum Gasteiger partial charge on any atom is -0.482 e. The van der Waals surface area contributed by atoms with Crippen molar-refractivity contribution < 1.29 is 18.9 Å². The lowest BCUT2D eigenvalue weighted by molar-refractivity contribution is -0.402. The maximum Gasteiger partial charge on any atom is 0.433 e. The summed E-state index contributed by atoms with van der Waals surface area (Å²) >= 11 is 7.60. The lowest BCUT2D eigenvalue weighted by Gasteiger charge is -2.18. The molecule has 34 heavy (non-hydrogen) atoms. The second-order valence-electron chi connectivity index (χ2n) is 7.00. The molecule has 0 aliphatic carbocycles. The van der Waals surface area contributed by atoms with Gasteiger partial charge in [-0.1, -0.05) is 23.7 Å². The van der Waals surface area contributed by atoms with E-state index < -0.39 is 4.92 Å². The van der Waals surface area contributed by atoms with Gasteiger partial charge in [-0.25, -0.2) is 9.67 Å². The van der Waals surface area contributed by atoms with Crippen LogP contribution in [0.4, 0.5) is 17.3 Å². The molecule has 0 unspecified atom stereocenters. The minimum absolute atomic E-state index is 0.0365. The van der Waals surface area contributed by atoms with E-state index in [1.54, 1.807) is 35.0 Å². The third-order valence-corrected chi connectivity index (χ3v) is 5.89. The zero-order valence-corrected chi connectivity index (χ0v) is 18.7. The molecule has 0 bridgehead atoms. The average Bonchev–Trinajstić information content (AvgIpc) is 3.46. The van der Waals surface area contributed by atoms with Crippen molar-refractivity contribution >= 4 is 52.3 Å². The quantitative estimate of drug-likeness (QED) is 0.241. The first-order valence-electron chi connectivity index (χ1n) is 9.83. The molecule has 5 rings (SSSR count). The van der Waals surface area contributed by atoms with Crippen LogP contribution in [0.1, 0.15) is 5.76 Å². The standard InChI is InChI=1S/C22H14ClN5O5S/c23-15-3-1-2-4-16(15)26-22-27(24-10-14-6-8-21(33-14)28(30)31)18(12-34-22)13-5-7-19-17(9-13)25-20(29)11-32-19/h1-10,12H,11H2,(H,25,29). The zero-order valence-electron chi connectivity index (χ0n) is 17.2. The van der Waals surface area contributed by atoms with E-state index in [2.05, 4.69) is 15.4 Å². The predicted octanol–water partition coefficient (Wildman–Crippen LogP) is 4.82. The molecular formula is C22H14ClN5O5S. The van der Waals surface area contributed by atoms with Gasteiger partial charge >= 0.3 is 5.88 Å². The summed E-state index contributed by atoms with van der Waals surface area (Å²) in [4.78, 5) is 27.2. The van der Waals surface area contributed by atoms with Crippen LogP contribution < -0.4 is 14.9 Å². The van der Waals surface area contributed by atoms with E-state index in [1.807, 2.05) is 17.5 Å². The number of halogens is 1. The second kappa shape index (κ2) is 8.96. The van der Waals surface area contributed by atoms with Crippen LogP contribution in [0.25, 0.3) is 11.3 Å². The van der Waals surface area contributed by atoms with Crippen molar-refractivity contribution in [2.45, 2.75) is 0 Å². The van der Waals surface area contributed by atoms with Crippen LogP contribution >= 0.6 is 22.9 Å². The number of hydrogen-bond donors (Lipinski definition) is 1. The number of thiazole rings is 1. The predicted molar refractivity (Wildman–Crippen MR) is 127 cm³/mol. The van der Waals surface area contributed by atoms with Crippen LogP contribution in [0.2, 0.25) is 5.02 Å². The van der Waals surface area contributed by atoms with Crippen molar-refractivity contribution in [3.63, 3.8) is 0 Å². The lowest BCUT2D eigenvalue weighted by atomic mass is 10.1. The number of carbonyl (C=O) groups is 1. The number of nitrogens with zero attached hydrogens (tertiary/aromatic N) is 4. The maximum atomic E-state index is 11.7. The zero-order chi connectivity index (χ0) is 23.7. The molecule has 1 N–H and O–H groups in total. The highest BCUT2D eigenvalue weighted by molar-refractivity contribution is 7.07. The first-order chi connectivity index (χ1) is 16.5. The Balaban J connectivity index is 1.62. The molecular weight excluding hydrogens is 482 g/mol. The van der Waals surface area contributed by atoms with E-state index >= 15 is 0 Å². The second-order valence-corrected chi connectivity index (χ2v) is 8.25. The van der Waals surface area contributed by atoms with Gasteiger partial charge in [0.2, 0.25) is 4.80 Å². The number of ether oxygens (including phenoxy) is 1. The van der Waals surface area contributed by atoms with E-state index in [0.29, 0.717) is 32.6 Å². The van der Waals surface area contributed by atoms with Gasteiger partial charge in [0.25, 0.3) is 5.91 Å². The molecule has 0 spiro atoms. The summed E-state index contributed by atoms with van der Waals surface area (Å²) in [5.74, 6) is 0.140. The minimum atomic E-state index is -0.623. The molecule has 2 aromatic heterocycles. The van der Waals surface area contributed by atoms with Crippen LogP contribution in [-0.4, -0.2) is 28.3 Å². The van der Waals surface area contributed by atoms with Gasteiger partial charge in [-0.15, -0.1) is 11.3 Å². The van der Waals surface area contributed by atoms with Gasteiger partial charge in [0, 0.05) is 10.9 Å². The lowest BCUT2D eigenvalue weighted by Crippen LogP contribution is -2.25. The monoisotopic (exact) mass is 495 g/mol. The molecule has 2 aromatic carbocycles. The van der Waals surface area contributed by atoms with Gasteiger partial charge in [0.05, 0.1) is 34.4 Å². The summed E-state index contributed by atoms with van der Waals surface area (Å²) in [6.07, 6.45) is 1.36. The molecule has 12 heteroatoms. The highest BCUT2D eigenvalue weighted by atomic mass is 35.5. The summed E-state index contributed by atoms with van der Waals surface area (Å²) < 4.78 is 12.2. The SMILES string of the molecule is O=C1COc2ccc(-c3csc(=Nc4ccccc4Cl)n3N=Cc3ccc([N+](=O)[O-])o3)cc2N1. The van der Waals surface area contributed by atoms with Crippen molar-refractivity contribution in [2.75, 3.05) is 11.9 Å². The topological polar surface area (TPSA) is 124 Å². The molecule has 1 amide bonds. The highest BCUT2D eigenvalue weighted by Crippen LogP contribution is 2.33. The summed E-state index contributed by atoms with van der Waals surface area (Å²) in [6, 6.07) is 15.2. The number of fused-ring (bicyclic) bond motifs is 1. The van der Waals surface area contributed by atoms with Gasteiger partial charge in [0.1, 0.15) is 10.7 Å². The van der Waals surface area contributed by atoms with Crippen LogP contribution in [-0.2, 0) is 4.79 Å². The average molecular weight is 496 g/mol. The Morgan fingerprint density at radius 1 is 1.21 bits per heavy atom. The van der Waals surface area contributed by atoms with Gasteiger partial charge < -0.3 is 14.5 Å². The summed E-state index contributed by atoms with van der Waals surface area (Å²) in [7, 11) is 0. The number of benzene rings is 2. The molecule has 0 saturated heterocycles. The number of furan rings is 1. The number of para-hydroxylation sites is 1. The highest BCUT2D eigenvalue weighted by Gasteiger charge is 2.18. The molecule has 0 fully saturated rings. The van der Waals surface area contributed by atoms with E-state index in [-0.39, 0.29) is 24.2 Å². The van der Waals surface area contributed by atoms with Crippen molar-refractivity contribution in [3.8, 4) is 17.0 Å². The third-order valence-electron chi connectivity index (χ3n) is 4.76. The smallest absolute Gasteiger partial charge is 0.433 e. The molecule has 1 aliphatic heterocycles. The molecule has 1 aliphatic rings. The maximum absolute atomic E-state index is 11.7. The molecule has 0 saturated carbocycles. The van der Waals surface area contributed by atoms with Crippen molar-refractivity contribution in [3.05, 3.63) is 85.7 Å². The molecule has 4 aromatic rings. The number of nitro groups is 1. The Morgan fingerprint density at radius 3 is 2.85 bits per heavy atom. The van der Waals surface area contributed by atoms with Crippen molar-refractivity contribution in [1.82, 2.24) is 4.68 Å². The van der Waals surface area contributed by atoms with Crippen LogP contribution in [0.15, 0.2) is 74.5 Å². The number of carbonyl (C=O) groups excluding carboxylic acids is 1. The Morgan fingerprint density at radius 2 is 2.06 bits per heavy atom. The van der Waals surface area contributed by atoms with Crippen LogP contribution in [0, 0.1) is 10.1 Å². The van der Waals surface area contributed by atoms with Crippen molar-refractivity contribution in [1.29, 1.82) is 0 Å². The molecule has 0 atom stereocenters. The van der Waals surface area contributed by atoms with Gasteiger partial charge in [0.15, 0.2) is 12.4 Å². The first-order valence-corrected chi connectivity index (χ1v) is 11.1. The van der Waals surface area contributed by atoms with Gasteiger partial charge in [-0.05, 0) is 36.4 Å². The molecule has 3 heterocycles. The Kier molecular flexibility index (Phi) is 5.70. The van der Waals surface area contributed by atoms with Gasteiger partial charge in [-0.3, -0.25) is 14.9 Å². The molecule has 170 valence electrons.